The van der Waals surface area contributed by atoms with E-state index in [4.69, 9.17) is 9.47 Å². The van der Waals surface area contributed by atoms with Crippen LogP contribution >= 0.6 is 11.3 Å². The minimum absolute atomic E-state index is 0.0633. The number of thiophene rings is 1. The van der Waals surface area contributed by atoms with Crippen LogP contribution in [0.2, 0.25) is 0 Å². The van der Waals surface area contributed by atoms with Gasteiger partial charge in [0, 0.05) is 18.0 Å². The van der Waals surface area contributed by atoms with Gasteiger partial charge in [-0.2, -0.15) is 0 Å². The number of hydrogen-bond donors (Lipinski definition) is 2. The van der Waals surface area contributed by atoms with E-state index in [1.807, 2.05) is 42.5 Å². The van der Waals surface area contributed by atoms with Gasteiger partial charge in [0.2, 0.25) is 0 Å². The number of likely N-dealkylation sites (N-methyl/N-ethyl adjacent to an activating group) is 1. The lowest BCUT2D eigenvalue weighted by atomic mass is 10.0. The van der Waals surface area contributed by atoms with Gasteiger partial charge in [-0.1, -0.05) is 49.4 Å². The second-order valence-corrected chi connectivity index (χ2v) is 10.3. The Bertz CT molecular complexity index is 1520. The van der Waals surface area contributed by atoms with Crippen LogP contribution < -0.4 is 20.1 Å². The normalized spacial score (nSPS) is 16.9. The lowest BCUT2D eigenvalue weighted by Crippen LogP contribution is -2.38. The Morgan fingerprint density at radius 1 is 1.08 bits per heavy atom. The van der Waals surface area contributed by atoms with E-state index in [-0.39, 0.29) is 5.91 Å². The average molecular weight is 514 g/mol. The zero-order valence-corrected chi connectivity index (χ0v) is 21.5. The summed E-state index contributed by atoms with van der Waals surface area (Å²) in [5, 5.41) is 9.29. The Labute approximate surface area is 219 Å². The number of methoxy groups -OCH3 is 1. The fraction of sp³-hybridized carbons (Fsp3) is 0.241. The fourth-order valence-electron chi connectivity index (χ4n) is 5.11. The molecule has 1 aromatic heterocycles. The number of esters is 1. The maximum atomic E-state index is 13.1. The van der Waals surface area contributed by atoms with Crippen molar-refractivity contribution >= 4 is 39.0 Å². The van der Waals surface area contributed by atoms with Crippen LogP contribution in [0.15, 0.2) is 60.7 Å². The molecule has 37 heavy (non-hydrogen) atoms. The molecule has 0 saturated carbocycles. The molecule has 1 atom stereocenters. The lowest BCUT2D eigenvalue weighted by molar-refractivity contribution is 0.0731. The molecule has 0 unspecified atom stereocenters. The van der Waals surface area contributed by atoms with Gasteiger partial charge in [-0.25, -0.2) is 4.79 Å². The summed E-state index contributed by atoms with van der Waals surface area (Å²) < 4.78 is 11.3. The van der Waals surface area contributed by atoms with Crippen molar-refractivity contribution in [3.8, 4) is 11.5 Å². The van der Waals surface area contributed by atoms with E-state index in [0.717, 1.165) is 53.0 Å². The third kappa shape index (κ3) is 4.22. The first-order valence-electron chi connectivity index (χ1n) is 12.4. The van der Waals surface area contributed by atoms with Gasteiger partial charge in [-0.3, -0.25) is 9.69 Å². The molecule has 6 rings (SSSR count). The van der Waals surface area contributed by atoms with Gasteiger partial charge in [-0.05, 0) is 53.1 Å². The highest BCUT2D eigenvalue weighted by molar-refractivity contribution is 7.16. The van der Waals surface area contributed by atoms with E-state index in [1.54, 1.807) is 29.5 Å². The number of nitrogens with one attached hydrogen (secondary N) is 2. The molecule has 2 aliphatic heterocycles. The summed E-state index contributed by atoms with van der Waals surface area (Å²) in [6.07, 6.45) is 0.471. The average Bonchev–Trinajstić information content (AvgIpc) is 3.31. The minimum atomic E-state index is -0.457. The van der Waals surface area contributed by atoms with Crippen molar-refractivity contribution in [1.82, 2.24) is 10.2 Å². The maximum Gasteiger partial charge on any atom is 0.344 e. The molecule has 1 amide bonds. The molecule has 0 aliphatic carbocycles. The van der Waals surface area contributed by atoms with Gasteiger partial charge >= 0.3 is 5.97 Å². The molecule has 0 bridgehead atoms. The van der Waals surface area contributed by atoms with Gasteiger partial charge in [-0.15, -0.1) is 11.3 Å². The third-order valence-electron chi connectivity index (χ3n) is 7.09. The number of anilines is 1. The van der Waals surface area contributed by atoms with Crippen LogP contribution in [0.4, 0.5) is 5.00 Å². The number of ether oxygens (including phenoxy) is 2. The number of hydrogen-bond acceptors (Lipinski definition) is 7. The van der Waals surface area contributed by atoms with Crippen molar-refractivity contribution in [2.45, 2.75) is 26.1 Å². The number of rotatable bonds is 5. The zero-order valence-electron chi connectivity index (χ0n) is 20.7. The van der Waals surface area contributed by atoms with Gasteiger partial charge in [0.1, 0.15) is 11.2 Å². The first-order valence-corrected chi connectivity index (χ1v) is 13.2. The lowest BCUT2D eigenvalue weighted by Gasteiger charge is -2.28. The summed E-state index contributed by atoms with van der Waals surface area (Å²) in [6.45, 7) is 5.02. The first kappa shape index (κ1) is 23.5. The number of nitrogens with zero attached hydrogens (tertiary/aromatic N) is 1. The Morgan fingerprint density at radius 2 is 1.92 bits per heavy atom. The maximum absolute atomic E-state index is 13.1. The fourth-order valence-corrected chi connectivity index (χ4v) is 6.43. The van der Waals surface area contributed by atoms with Crippen LogP contribution in [0.25, 0.3) is 10.8 Å². The van der Waals surface area contributed by atoms with Crippen molar-refractivity contribution in [3.63, 3.8) is 0 Å². The number of benzene rings is 3. The first-order chi connectivity index (χ1) is 18.1. The molecule has 0 fully saturated rings. The van der Waals surface area contributed by atoms with Crippen molar-refractivity contribution in [3.05, 3.63) is 87.8 Å². The summed E-state index contributed by atoms with van der Waals surface area (Å²) in [4.78, 5) is 29.8. The smallest absolute Gasteiger partial charge is 0.344 e. The van der Waals surface area contributed by atoms with Gasteiger partial charge in [0.15, 0.2) is 11.5 Å². The Hall–Kier alpha value is -3.88. The predicted molar refractivity (Wildman–Crippen MR) is 145 cm³/mol. The second kappa shape index (κ2) is 9.53. The predicted octanol–water partition coefficient (Wildman–Crippen LogP) is 5.36. The summed E-state index contributed by atoms with van der Waals surface area (Å²) >= 11 is 1.66. The molecule has 7 nitrogen and oxygen atoms in total. The molecule has 2 N–H and O–H groups in total. The van der Waals surface area contributed by atoms with Crippen LogP contribution in [0.1, 0.15) is 49.8 Å². The third-order valence-corrected chi connectivity index (χ3v) is 8.24. The number of carbonyl (C=O) groups excluding carboxylic acids is 2. The SMILES string of the molecule is CCN1CCc2c(sc3c2C(=O)N[C@@H](c2ccc(OC(=O)c4cccc5ccccc45)c(OC)c2)N3)C1. The highest BCUT2D eigenvalue weighted by Crippen LogP contribution is 2.41. The molecule has 2 aliphatic rings. The quantitative estimate of drug-likeness (QED) is 0.276. The highest BCUT2D eigenvalue weighted by Gasteiger charge is 2.33. The standard InChI is InChI=1S/C29H27N3O4S/c1-3-32-14-13-21-24(16-32)37-28-25(21)27(33)30-26(31-28)18-11-12-22(23(15-18)35-2)36-29(34)20-10-6-8-17-7-4-5-9-19(17)20/h4-12,15,26,31H,3,13-14,16H2,1-2H3,(H,30,33)/t26-/m1/s1. The Morgan fingerprint density at radius 3 is 2.76 bits per heavy atom. The van der Waals surface area contributed by atoms with Crippen molar-refractivity contribution in [1.29, 1.82) is 0 Å². The van der Waals surface area contributed by atoms with Crippen LogP contribution in [-0.4, -0.2) is 37.0 Å². The van der Waals surface area contributed by atoms with E-state index in [1.165, 1.54) is 17.6 Å². The minimum Gasteiger partial charge on any atom is -0.493 e. The van der Waals surface area contributed by atoms with E-state index < -0.39 is 12.1 Å². The summed E-state index contributed by atoms with van der Waals surface area (Å²) in [6, 6.07) is 18.6. The van der Waals surface area contributed by atoms with Crippen molar-refractivity contribution in [2.24, 2.45) is 0 Å². The van der Waals surface area contributed by atoms with Crippen LogP contribution in [0.5, 0.6) is 11.5 Å². The largest absolute Gasteiger partial charge is 0.493 e. The molecule has 4 aromatic rings. The van der Waals surface area contributed by atoms with Crippen molar-refractivity contribution in [2.75, 3.05) is 25.5 Å². The van der Waals surface area contributed by atoms with Crippen LogP contribution in [-0.2, 0) is 13.0 Å². The number of carbonyl (C=O) groups is 2. The number of amides is 1. The molecule has 0 radical (unpaired) electrons. The zero-order chi connectivity index (χ0) is 25.5. The molecular weight excluding hydrogens is 486 g/mol. The monoisotopic (exact) mass is 513 g/mol. The van der Waals surface area contributed by atoms with Gasteiger partial charge < -0.3 is 20.1 Å². The van der Waals surface area contributed by atoms with Gasteiger partial charge in [0.25, 0.3) is 5.91 Å². The molecule has 188 valence electrons. The van der Waals surface area contributed by atoms with Crippen LogP contribution in [0, 0.1) is 0 Å². The molecule has 0 spiro atoms. The molecule has 3 heterocycles. The van der Waals surface area contributed by atoms with E-state index in [9.17, 15) is 9.59 Å². The van der Waals surface area contributed by atoms with Gasteiger partial charge in [0.05, 0.1) is 18.2 Å². The summed E-state index contributed by atoms with van der Waals surface area (Å²) in [7, 11) is 1.53. The second-order valence-electron chi connectivity index (χ2n) is 9.20. The number of fused-ring (bicyclic) bond motifs is 4. The molecular formula is C29H27N3O4S. The van der Waals surface area contributed by atoms with Crippen LogP contribution in [0.3, 0.4) is 0 Å². The van der Waals surface area contributed by atoms with E-state index in [2.05, 4.69) is 22.5 Å². The van der Waals surface area contributed by atoms with Crippen molar-refractivity contribution < 1.29 is 19.1 Å². The molecule has 8 heteroatoms. The molecule has 3 aromatic carbocycles. The Kier molecular flexibility index (Phi) is 6.06. The molecule has 0 saturated heterocycles. The summed E-state index contributed by atoms with van der Waals surface area (Å²) in [5.41, 5.74) is 3.24. The van der Waals surface area contributed by atoms with E-state index in [0.29, 0.717) is 17.1 Å². The van der Waals surface area contributed by atoms with E-state index >= 15 is 0 Å². The Balaban J connectivity index is 1.25. The summed E-state index contributed by atoms with van der Waals surface area (Å²) in [5.74, 6) is 0.212. The topological polar surface area (TPSA) is 79.9 Å². The highest BCUT2D eigenvalue weighted by atomic mass is 32.1.